The summed E-state index contributed by atoms with van der Waals surface area (Å²) >= 11 is 0. The highest BCUT2D eigenvalue weighted by Gasteiger charge is 2.32. The van der Waals surface area contributed by atoms with E-state index in [2.05, 4.69) is 20.2 Å². The third-order valence-corrected chi connectivity index (χ3v) is 7.99. The van der Waals surface area contributed by atoms with Gasteiger partial charge in [0.1, 0.15) is 23.1 Å². The van der Waals surface area contributed by atoms with Crippen LogP contribution in [0.3, 0.4) is 0 Å². The van der Waals surface area contributed by atoms with Crippen LogP contribution in [0, 0.1) is 18.6 Å². The monoisotopic (exact) mass is 483 g/mol. The molecule has 2 aromatic carbocycles. The Labute approximate surface area is 196 Å². The van der Waals surface area contributed by atoms with Crippen molar-refractivity contribution in [3.8, 4) is 17.1 Å². The van der Waals surface area contributed by atoms with E-state index in [0.29, 0.717) is 11.3 Å². The van der Waals surface area contributed by atoms with Gasteiger partial charge in [-0.2, -0.15) is 0 Å². The number of benzene rings is 2. The Morgan fingerprint density at radius 3 is 2.21 bits per heavy atom. The van der Waals surface area contributed by atoms with E-state index in [9.17, 15) is 17.2 Å². The first-order valence-corrected chi connectivity index (χ1v) is 12.3. The molecule has 10 heteroatoms. The average Bonchev–Trinajstić information content (AvgIpc) is 3.21. The minimum Gasteiger partial charge on any atom is -0.272 e. The van der Waals surface area contributed by atoms with Gasteiger partial charge in [0, 0.05) is 23.9 Å². The van der Waals surface area contributed by atoms with Crippen LogP contribution in [0.5, 0.6) is 0 Å². The molecule has 4 rings (SSSR count). The Morgan fingerprint density at radius 2 is 1.59 bits per heavy atom. The molecular formula is C24H23F2N5O2S. The summed E-state index contributed by atoms with van der Waals surface area (Å²) in [5.41, 5.74) is 1.37. The summed E-state index contributed by atoms with van der Waals surface area (Å²) in [6.07, 6.45) is 3.13. The van der Waals surface area contributed by atoms with E-state index < -0.39 is 44.1 Å². The molecule has 4 aromatic rings. The lowest BCUT2D eigenvalue weighted by Gasteiger charge is -2.20. The van der Waals surface area contributed by atoms with Crippen molar-refractivity contribution in [2.75, 3.05) is 0 Å². The van der Waals surface area contributed by atoms with Gasteiger partial charge in [-0.05, 0) is 26.0 Å². The second kappa shape index (κ2) is 9.38. The number of sulfone groups is 1. The predicted molar refractivity (Wildman–Crippen MR) is 124 cm³/mol. The molecule has 0 saturated carbocycles. The van der Waals surface area contributed by atoms with E-state index in [0.717, 1.165) is 22.4 Å². The molecule has 0 aliphatic rings. The Bertz CT molecular complexity index is 1390. The van der Waals surface area contributed by atoms with Crippen molar-refractivity contribution >= 4 is 9.84 Å². The van der Waals surface area contributed by atoms with Crippen molar-refractivity contribution in [1.29, 1.82) is 0 Å². The van der Waals surface area contributed by atoms with Crippen molar-refractivity contribution in [2.45, 2.75) is 37.7 Å². The number of aryl methyl sites for hydroxylation is 1. The molecule has 176 valence electrons. The molecule has 0 aliphatic carbocycles. The Balaban J connectivity index is 1.77. The Kier molecular flexibility index (Phi) is 6.52. The fraction of sp³-hybridized carbons (Fsp3) is 0.250. The van der Waals surface area contributed by atoms with E-state index in [-0.39, 0.29) is 11.6 Å². The van der Waals surface area contributed by atoms with Crippen LogP contribution in [0.1, 0.15) is 37.0 Å². The quantitative estimate of drug-likeness (QED) is 0.387. The van der Waals surface area contributed by atoms with Crippen LogP contribution in [0.2, 0.25) is 0 Å². The molecule has 0 amide bonds. The van der Waals surface area contributed by atoms with E-state index in [1.807, 2.05) is 0 Å². The fourth-order valence-corrected chi connectivity index (χ4v) is 5.19. The maximum atomic E-state index is 14.8. The second-order valence-electron chi connectivity index (χ2n) is 8.10. The van der Waals surface area contributed by atoms with Crippen LogP contribution in [0.4, 0.5) is 8.78 Å². The molecular weight excluding hydrogens is 460 g/mol. The van der Waals surface area contributed by atoms with Gasteiger partial charge in [0.2, 0.25) is 0 Å². The highest BCUT2D eigenvalue weighted by Crippen LogP contribution is 2.29. The van der Waals surface area contributed by atoms with Gasteiger partial charge in [0.25, 0.3) is 0 Å². The molecule has 7 nitrogen and oxygen atoms in total. The summed E-state index contributed by atoms with van der Waals surface area (Å²) in [5.74, 6) is -2.69. The Hall–Kier alpha value is -3.53. The zero-order valence-electron chi connectivity index (χ0n) is 18.9. The lowest BCUT2D eigenvalue weighted by molar-refractivity contribution is 0.557. The molecule has 0 spiro atoms. The molecule has 0 aliphatic heterocycles. The minimum atomic E-state index is -3.83. The van der Waals surface area contributed by atoms with E-state index in [4.69, 9.17) is 0 Å². The predicted octanol–water partition coefficient (Wildman–Crippen LogP) is 4.42. The maximum Gasteiger partial charge on any atom is 0.168 e. The third kappa shape index (κ3) is 4.58. The van der Waals surface area contributed by atoms with E-state index in [1.165, 1.54) is 6.07 Å². The van der Waals surface area contributed by atoms with E-state index >= 15 is 0 Å². The van der Waals surface area contributed by atoms with Crippen molar-refractivity contribution in [2.24, 2.45) is 0 Å². The zero-order chi connectivity index (χ0) is 24.5. The van der Waals surface area contributed by atoms with Crippen LogP contribution < -0.4 is 0 Å². The molecule has 2 atom stereocenters. The lowest BCUT2D eigenvalue weighted by Crippen LogP contribution is -2.27. The summed E-state index contributed by atoms with van der Waals surface area (Å²) in [5, 5.41) is 7.27. The van der Waals surface area contributed by atoms with Crippen LogP contribution in [0.25, 0.3) is 17.1 Å². The molecule has 34 heavy (non-hydrogen) atoms. The maximum absolute atomic E-state index is 14.8. The van der Waals surface area contributed by atoms with Gasteiger partial charge in [-0.1, -0.05) is 43.3 Å². The number of hydrogen-bond acceptors (Lipinski definition) is 6. The molecule has 0 bridgehead atoms. The summed E-state index contributed by atoms with van der Waals surface area (Å²) in [6, 6.07) is 12.1. The summed E-state index contributed by atoms with van der Waals surface area (Å²) < 4.78 is 57.4. The molecule has 2 heterocycles. The van der Waals surface area contributed by atoms with Gasteiger partial charge in [-0.15, -0.1) is 10.2 Å². The Morgan fingerprint density at radius 1 is 0.912 bits per heavy atom. The standard InChI is InChI=1S/C24H23F2N5O2S/c1-15-12-28-21(13-27-15)16(2)17(3)34(32,33)14-22-29-30-24(18-8-5-4-6-9-18)31(22)23-19(25)10-7-11-20(23)26/h4-13,16-17H,14H2,1-3H3/t16-,17-/m0/s1. The summed E-state index contributed by atoms with van der Waals surface area (Å²) in [6.45, 7) is 5.11. The van der Waals surface area contributed by atoms with E-state index in [1.54, 1.807) is 63.5 Å². The van der Waals surface area contributed by atoms with Gasteiger partial charge in [-0.3, -0.25) is 14.5 Å². The van der Waals surface area contributed by atoms with Gasteiger partial charge < -0.3 is 0 Å². The fourth-order valence-electron chi connectivity index (χ4n) is 3.62. The first-order valence-electron chi connectivity index (χ1n) is 10.6. The molecule has 0 radical (unpaired) electrons. The van der Waals surface area contributed by atoms with Crippen molar-refractivity contribution in [3.05, 3.63) is 89.8 Å². The number of aromatic nitrogens is 5. The first-order chi connectivity index (χ1) is 16.2. The SMILES string of the molecule is Cc1cnc([C@@H](C)[C@H](C)S(=O)(=O)Cc2nnc(-c3ccccc3)n2-c2c(F)cccc2F)cn1. The average molecular weight is 484 g/mol. The highest BCUT2D eigenvalue weighted by molar-refractivity contribution is 7.91. The van der Waals surface area contributed by atoms with Gasteiger partial charge in [-0.25, -0.2) is 17.2 Å². The number of hydrogen-bond donors (Lipinski definition) is 0. The molecule has 0 N–H and O–H groups in total. The summed E-state index contributed by atoms with van der Waals surface area (Å²) in [4.78, 5) is 8.48. The van der Waals surface area contributed by atoms with Crippen LogP contribution in [-0.4, -0.2) is 38.4 Å². The highest BCUT2D eigenvalue weighted by atomic mass is 32.2. The smallest absolute Gasteiger partial charge is 0.168 e. The normalized spacial score (nSPS) is 13.6. The zero-order valence-corrected chi connectivity index (χ0v) is 19.7. The second-order valence-corrected chi connectivity index (χ2v) is 10.5. The van der Waals surface area contributed by atoms with Gasteiger partial charge in [0.15, 0.2) is 21.5 Å². The molecule has 0 unspecified atom stereocenters. The first kappa shape index (κ1) is 23.6. The number of rotatable bonds is 7. The van der Waals surface area contributed by atoms with Crippen molar-refractivity contribution in [3.63, 3.8) is 0 Å². The molecule has 0 fully saturated rings. The number of nitrogens with zero attached hydrogens (tertiary/aromatic N) is 5. The van der Waals surface area contributed by atoms with Crippen molar-refractivity contribution in [1.82, 2.24) is 24.7 Å². The van der Waals surface area contributed by atoms with Crippen molar-refractivity contribution < 1.29 is 17.2 Å². The van der Waals surface area contributed by atoms with Crippen LogP contribution >= 0.6 is 0 Å². The third-order valence-electron chi connectivity index (χ3n) is 5.79. The molecule has 2 aromatic heterocycles. The number of halogens is 2. The van der Waals surface area contributed by atoms with Crippen LogP contribution in [0.15, 0.2) is 60.9 Å². The topological polar surface area (TPSA) is 90.6 Å². The minimum absolute atomic E-state index is 0.0862. The van der Waals surface area contributed by atoms with Gasteiger partial charge in [0.05, 0.1) is 16.6 Å². The summed E-state index contributed by atoms with van der Waals surface area (Å²) in [7, 11) is -3.83. The molecule has 0 saturated heterocycles. The van der Waals surface area contributed by atoms with Crippen LogP contribution in [-0.2, 0) is 15.6 Å². The van der Waals surface area contributed by atoms with Gasteiger partial charge >= 0.3 is 0 Å². The largest absolute Gasteiger partial charge is 0.272 e. The lowest BCUT2D eigenvalue weighted by atomic mass is 10.1. The number of para-hydroxylation sites is 1.